The first-order valence-corrected chi connectivity index (χ1v) is 14.0. The molecule has 0 radical (unpaired) electrons. The highest BCUT2D eigenvalue weighted by Gasteiger charge is 2.13. The third-order valence-electron chi connectivity index (χ3n) is 7.11. The zero-order chi connectivity index (χ0) is 27.1. The summed E-state index contributed by atoms with van der Waals surface area (Å²) < 4.78 is 4.20. The summed E-state index contributed by atoms with van der Waals surface area (Å²) >= 11 is 0. The summed E-state index contributed by atoms with van der Waals surface area (Å²) in [6.07, 6.45) is 6.64. The van der Waals surface area contributed by atoms with Crippen molar-refractivity contribution >= 4 is 11.4 Å². The molecule has 0 saturated heterocycles. The van der Waals surface area contributed by atoms with Crippen LogP contribution in [0.3, 0.4) is 0 Å². The molecule has 0 aliphatic heterocycles. The van der Waals surface area contributed by atoms with Gasteiger partial charge in [-0.1, -0.05) is 63.1 Å². The molecule has 3 heterocycles. The van der Waals surface area contributed by atoms with E-state index in [1.807, 2.05) is 38.1 Å². The summed E-state index contributed by atoms with van der Waals surface area (Å²) in [5, 5.41) is 10.1. The second-order valence-corrected chi connectivity index (χ2v) is 10.1. The highest BCUT2D eigenvalue weighted by atomic mass is 15.4. The minimum atomic E-state index is 0.859. The smallest absolute Gasteiger partial charge is 0.0867 e. The van der Waals surface area contributed by atoms with Crippen molar-refractivity contribution in [3.63, 3.8) is 0 Å². The number of nitrogens with zero attached hydrogens (tertiary/aromatic N) is 5. The summed E-state index contributed by atoms with van der Waals surface area (Å²) in [4.78, 5) is 4.98. The van der Waals surface area contributed by atoms with Crippen LogP contribution in [0.5, 0.6) is 0 Å². The first kappa shape index (κ1) is 27.3. The third-order valence-corrected chi connectivity index (χ3v) is 7.11. The highest BCUT2D eigenvalue weighted by Crippen LogP contribution is 2.24. The molecule has 198 valence electrons. The van der Waals surface area contributed by atoms with Crippen LogP contribution in [0, 0.1) is 13.8 Å². The molecule has 0 saturated carbocycles. The topological polar surface area (TPSA) is 47.5 Å². The molecule has 38 heavy (non-hydrogen) atoms. The molecule has 0 aliphatic carbocycles. The van der Waals surface area contributed by atoms with Gasteiger partial charge in [0.15, 0.2) is 0 Å². The summed E-state index contributed by atoms with van der Waals surface area (Å²) in [7, 11) is 0. The molecule has 0 spiro atoms. The van der Waals surface area contributed by atoms with Crippen LogP contribution in [0.15, 0.2) is 76.9 Å². The van der Waals surface area contributed by atoms with Crippen molar-refractivity contribution in [2.75, 3.05) is 0 Å². The Morgan fingerprint density at radius 1 is 0.711 bits per heavy atom. The van der Waals surface area contributed by atoms with E-state index in [4.69, 9.17) is 15.2 Å². The van der Waals surface area contributed by atoms with E-state index < -0.39 is 0 Å². The zero-order valence-electron chi connectivity index (χ0n) is 23.8. The van der Waals surface area contributed by atoms with E-state index in [2.05, 4.69) is 79.5 Å². The van der Waals surface area contributed by atoms with E-state index in [1.54, 1.807) is 0 Å². The van der Waals surface area contributed by atoms with Gasteiger partial charge in [0.05, 0.1) is 28.5 Å². The fourth-order valence-electron chi connectivity index (χ4n) is 4.68. The molecule has 0 unspecified atom stereocenters. The Labute approximate surface area is 228 Å². The molecule has 0 amide bonds. The van der Waals surface area contributed by atoms with Crippen molar-refractivity contribution in [2.24, 2.45) is 10.2 Å². The molecule has 0 bridgehead atoms. The first-order valence-electron chi connectivity index (χ1n) is 14.0. The van der Waals surface area contributed by atoms with Crippen LogP contribution in [-0.4, -0.2) is 25.8 Å². The average molecular weight is 508 g/mol. The van der Waals surface area contributed by atoms with Gasteiger partial charge in [-0.05, 0) is 89.3 Å². The summed E-state index contributed by atoms with van der Waals surface area (Å²) in [6, 6.07) is 23.2. The van der Waals surface area contributed by atoms with Crippen LogP contribution in [0.4, 0.5) is 0 Å². The van der Waals surface area contributed by atoms with Gasteiger partial charge >= 0.3 is 0 Å². The molecule has 5 heteroatoms. The van der Waals surface area contributed by atoms with Crippen molar-refractivity contribution in [1.29, 1.82) is 0 Å². The van der Waals surface area contributed by atoms with Crippen LogP contribution in [-0.2, 0) is 12.8 Å². The van der Waals surface area contributed by atoms with E-state index in [9.17, 15) is 0 Å². The SMILES string of the molecule is CCCCc1ccc(-c2ccccc2)n1/N=C(\C)c1cccc(/C(C)=N/n2c(CCCC)cc(C)c2C)n1. The summed E-state index contributed by atoms with van der Waals surface area (Å²) in [6.45, 7) is 12.8. The van der Waals surface area contributed by atoms with Gasteiger partial charge in [-0.3, -0.25) is 0 Å². The van der Waals surface area contributed by atoms with Crippen LogP contribution in [0.25, 0.3) is 11.3 Å². The second-order valence-electron chi connectivity index (χ2n) is 10.1. The van der Waals surface area contributed by atoms with Crippen LogP contribution < -0.4 is 0 Å². The van der Waals surface area contributed by atoms with Gasteiger partial charge in [0.1, 0.15) is 0 Å². The Hall–Kier alpha value is -3.73. The predicted molar refractivity (Wildman–Crippen MR) is 160 cm³/mol. The van der Waals surface area contributed by atoms with Crippen LogP contribution >= 0.6 is 0 Å². The van der Waals surface area contributed by atoms with Gasteiger partial charge in [0.25, 0.3) is 0 Å². The lowest BCUT2D eigenvalue weighted by atomic mass is 10.2. The number of hydrogen-bond donors (Lipinski definition) is 0. The van der Waals surface area contributed by atoms with E-state index in [0.29, 0.717) is 0 Å². The molecule has 4 rings (SSSR count). The first-order chi connectivity index (χ1) is 18.4. The lowest BCUT2D eigenvalue weighted by molar-refractivity contribution is 0.711. The normalized spacial score (nSPS) is 12.4. The van der Waals surface area contributed by atoms with Crippen molar-refractivity contribution in [2.45, 2.75) is 80.1 Å². The quantitative estimate of drug-likeness (QED) is 0.189. The van der Waals surface area contributed by atoms with E-state index in [0.717, 1.165) is 66.2 Å². The fraction of sp³-hybridized carbons (Fsp3) is 0.364. The van der Waals surface area contributed by atoms with Crippen molar-refractivity contribution in [1.82, 2.24) is 14.3 Å². The van der Waals surface area contributed by atoms with Crippen LogP contribution in [0.1, 0.15) is 87.4 Å². The third kappa shape index (κ3) is 6.21. The maximum atomic E-state index is 5.09. The Kier molecular flexibility index (Phi) is 9.11. The van der Waals surface area contributed by atoms with Crippen molar-refractivity contribution in [3.8, 4) is 11.3 Å². The largest absolute Gasteiger partial charge is 0.245 e. The molecule has 0 atom stereocenters. The number of aromatic nitrogens is 3. The Balaban J connectivity index is 1.69. The van der Waals surface area contributed by atoms with Gasteiger partial charge in [0, 0.05) is 22.6 Å². The van der Waals surface area contributed by atoms with Crippen LogP contribution in [0.2, 0.25) is 0 Å². The van der Waals surface area contributed by atoms with Gasteiger partial charge in [-0.2, -0.15) is 10.2 Å². The number of pyridine rings is 1. The molecule has 4 aromatic rings. The Morgan fingerprint density at radius 3 is 1.95 bits per heavy atom. The molecular formula is C33H41N5. The zero-order valence-corrected chi connectivity index (χ0v) is 23.8. The molecule has 1 aromatic carbocycles. The maximum Gasteiger partial charge on any atom is 0.0867 e. The van der Waals surface area contributed by atoms with E-state index in [-0.39, 0.29) is 0 Å². The summed E-state index contributed by atoms with van der Waals surface area (Å²) in [5.74, 6) is 0. The number of rotatable bonds is 11. The molecular weight excluding hydrogens is 466 g/mol. The predicted octanol–water partition coefficient (Wildman–Crippen LogP) is 8.20. The number of hydrogen-bond acceptors (Lipinski definition) is 3. The van der Waals surface area contributed by atoms with Gasteiger partial charge in [-0.15, -0.1) is 0 Å². The molecule has 0 aliphatic rings. The molecule has 3 aromatic heterocycles. The minimum Gasteiger partial charge on any atom is -0.245 e. The Morgan fingerprint density at radius 2 is 1.32 bits per heavy atom. The monoisotopic (exact) mass is 507 g/mol. The molecule has 5 nitrogen and oxygen atoms in total. The number of aryl methyl sites for hydroxylation is 3. The van der Waals surface area contributed by atoms with Gasteiger partial charge < -0.3 is 0 Å². The number of benzene rings is 1. The standard InChI is InChI=1S/C33H41N5/c1-7-9-17-29-21-22-33(28-15-12-11-13-16-28)38(29)36-26(5)32-20-14-19-31(34-32)25(4)35-37-27(6)24(3)23-30(37)18-10-8-2/h11-16,19-23H,7-10,17-18H2,1-6H3/b35-25+,36-26+. The molecule has 0 fully saturated rings. The maximum absolute atomic E-state index is 5.09. The fourth-order valence-corrected chi connectivity index (χ4v) is 4.68. The van der Waals surface area contributed by atoms with Gasteiger partial charge in [-0.25, -0.2) is 14.3 Å². The lowest BCUT2D eigenvalue weighted by Gasteiger charge is -2.11. The Bertz CT molecular complexity index is 1420. The van der Waals surface area contributed by atoms with Crippen molar-refractivity contribution < 1.29 is 0 Å². The lowest BCUT2D eigenvalue weighted by Crippen LogP contribution is -2.10. The second kappa shape index (κ2) is 12.7. The minimum absolute atomic E-state index is 0.859. The average Bonchev–Trinajstić information content (AvgIpc) is 3.46. The molecule has 0 N–H and O–H groups in total. The summed E-state index contributed by atoms with van der Waals surface area (Å²) in [5.41, 5.74) is 10.7. The highest BCUT2D eigenvalue weighted by molar-refractivity contribution is 6.00. The number of unbranched alkanes of at least 4 members (excludes halogenated alkanes) is 2. The van der Waals surface area contributed by atoms with Crippen molar-refractivity contribution in [3.05, 3.63) is 101 Å². The van der Waals surface area contributed by atoms with E-state index in [1.165, 1.54) is 29.1 Å². The van der Waals surface area contributed by atoms with Gasteiger partial charge in [0.2, 0.25) is 0 Å². The van der Waals surface area contributed by atoms with E-state index >= 15 is 0 Å².